The fourth-order valence-electron chi connectivity index (χ4n) is 2.91. The van der Waals surface area contributed by atoms with Crippen LogP contribution in [0.5, 0.6) is 11.5 Å². The second-order valence-corrected chi connectivity index (χ2v) is 7.81. The average molecular weight is 423 g/mol. The molecule has 1 N–H and O–H groups in total. The van der Waals surface area contributed by atoms with E-state index in [2.05, 4.69) is 10.3 Å². The lowest BCUT2D eigenvalue weighted by Crippen LogP contribution is -2.24. The van der Waals surface area contributed by atoms with Crippen molar-refractivity contribution in [1.29, 1.82) is 0 Å². The molecule has 1 heterocycles. The summed E-state index contributed by atoms with van der Waals surface area (Å²) in [5.74, 6) is 1.37. The second kappa shape index (κ2) is 10.6. The van der Waals surface area contributed by atoms with Gasteiger partial charge in [-0.05, 0) is 50.6 Å². The quantitative estimate of drug-likeness (QED) is 0.474. The smallest absolute Gasteiger partial charge is 0.244 e. The monoisotopic (exact) mass is 422 g/mol. The molecule has 156 valence electrons. The number of benzene rings is 2. The van der Waals surface area contributed by atoms with Crippen molar-refractivity contribution in [3.63, 3.8) is 0 Å². The van der Waals surface area contributed by atoms with E-state index in [0.717, 1.165) is 27.6 Å². The minimum absolute atomic E-state index is 0.114. The first-order valence-electron chi connectivity index (χ1n) is 9.89. The lowest BCUT2D eigenvalue weighted by Gasteiger charge is -2.14. The van der Waals surface area contributed by atoms with Crippen molar-refractivity contribution in [1.82, 2.24) is 10.3 Å². The summed E-state index contributed by atoms with van der Waals surface area (Å²) < 4.78 is 11.4. The third-order valence-corrected chi connectivity index (χ3v) is 5.25. The van der Waals surface area contributed by atoms with Crippen LogP contribution in [0.15, 0.2) is 60.0 Å². The van der Waals surface area contributed by atoms with Gasteiger partial charge in [0.2, 0.25) is 5.91 Å². The number of carbonyl (C=O) groups is 1. The summed E-state index contributed by atoms with van der Waals surface area (Å²) in [6.45, 7) is 6.90. The minimum Gasteiger partial charge on any atom is -0.494 e. The summed E-state index contributed by atoms with van der Waals surface area (Å²) in [7, 11) is 0. The van der Waals surface area contributed by atoms with E-state index in [9.17, 15) is 4.79 Å². The molecule has 1 aromatic heterocycles. The number of ether oxygens (including phenoxy) is 2. The molecule has 0 bridgehead atoms. The number of hydrogen-bond acceptors (Lipinski definition) is 5. The first-order valence-corrected chi connectivity index (χ1v) is 10.8. The first-order chi connectivity index (χ1) is 14.5. The molecule has 0 aliphatic rings. The van der Waals surface area contributed by atoms with Crippen molar-refractivity contribution >= 4 is 23.3 Å². The molecule has 1 atom stereocenters. The lowest BCUT2D eigenvalue weighted by molar-refractivity contribution is -0.117. The third kappa shape index (κ3) is 6.19. The van der Waals surface area contributed by atoms with Crippen LogP contribution >= 0.6 is 11.3 Å². The molecule has 0 spiro atoms. The van der Waals surface area contributed by atoms with E-state index in [1.807, 2.05) is 74.7 Å². The van der Waals surface area contributed by atoms with E-state index in [1.54, 1.807) is 17.4 Å². The van der Waals surface area contributed by atoms with Crippen LogP contribution in [0.2, 0.25) is 0 Å². The Morgan fingerprint density at radius 1 is 1.17 bits per heavy atom. The Morgan fingerprint density at radius 2 is 1.93 bits per heavy atom. The Balaban J connectivity index is 1.58. The van der Waals surface area contributed by atoms with Crippen LogP contribution < -0.4 is 14.8 Å². The fraction of sp³-hybridized carbons (Fsp3) is 0.250. The zero-order valence-electron chi connectivity index (χ0n) is 17.4. The van der Waals surface area contributed by atoms with E-state index in [1.165, 1.54) is 6.08 Å². The number of amides is 1. The van der Waals surface area contributed by atoms with Gasteiger partial charge in [0.25, 0.3) is 0 Å². The van der Waals surface area contributed by atoms with Crippen LogP contribution in [0.25, 0.3) is 6.08 Å². The topological polar surface area (TPSA) is 60.5 Å². The van der Waals surface area contributed by atoms with Crippen LogP contribution in [0.1, 0.15) is 41.7 Å². The number of carbonyl (C=O) groups excluding carboxylic acids is 1. The number of aryl methyl sites for hydroxylation is 1. The Labute approximate surface area is 181 Å². The number of aromatic nitrogens is 1. The number of nitrogens with one attached hydrogen (secondary N) is 1. The third-order valence-electron chi connectivity index (χ3n) is 4.43. The van der Waals surface area contributed by atoms with Crippen LogP contribution in [0, 0.1) is 6.92 Å². The van der Waals surface area contributed by atoms with Crippen LogP contribution in [-0.2, 0) is 11.4 Å². The van der Waals surface area contributed by atoms with Crippen molar-refractivity contribution < 1.29 is 14.3 Å². The Kier molecular flexibility index (Phi) is 7.63. The van der Waals surface area contributed by atoms with E-state index in [0.29, 0.717) is 19.0 Å². The molecule has 5 nitrogen and oxygen atoms in total. The number of thiazole rings is 1. The van der Waals surface area contributed by atoms with Gasteiger partial charge >= 0.3 is 0 Å². The summed E-state index contributed by atoms with van der Waals surface area (Å²) in [6.07, 6.45) is 3.29. The molecule has 0 aliphatic heterocycles. The van der Waals surface area contributed by atoms with Crippen molar-refractivity contribution in [3.8, 4) is 11.5 Å². The van der Waals surface area contributed by atoms with Gasteiger partial charge in [-0.3, -0.25) is 4.79 Å². The number of rotatable bonds is 9. The second-order valence-electron chi connectivity index (χ2n) is 6.75. The van der Waals surface area contributed by atoms with Crippen molar-refractivity contribution in [2.24, 2.45) is 0 Å². The molecular weight excluding hydrogens is 396 g/mol. The number of para-hydroxylation sites is 1. The fourth-order valence-corrected chi connectivity index (χ4v) is 3.50. The molecule has 0 fully saturated rings. The molecule has 30 heavy (non-hydrogen) atoms. The number of hydrogen-bond donors (Lipinski definition) is 1. The van der Waals surface area contributed by atoms with E-state index < -0.39 is 0 Å². The molecule has 1 unspecified atom stereocenters. The van der Waals surface area contributed by atoms with Gasteiger partial charge in [-0.2, -0.15) is 0 Å². The van der Waals surface area contributed by atoms with Gasteiger partial charge in [0.05, 0.1) is 23.4 Å². The van der Waals surface area contributed by atoms with Crippen molar-refractivity contribution in [2.75, 3.05) is 6.61 Å². The van der Waals surface area contributed by atoms with Crippen molar-refractivity contribution in [3.05, 3.63) is 81.8 Å². The molecule has 0 saturated carbocycles. The van der Waals surface area contributed by atoms with Gasteiger partial charge in [-0.1, -0.05) is 30.3 Å². The summed E-state index contributed by atoms with van der Waals surface area (Å²) in [5.41, 5.74) is 2.76. The molecule has 0 radical (unpaired) electrons. The van der Waals surface area contributed by atoms with Gasteiger partial charge in [-0.15, -0.1) is 11.3 Å². The summed E-state index contributed by atoms with van der Waals surface area (Å²) in [6, 6.07) is 15.3. The van der Waals surface area contributed by atoms with Crippen LogP contribution in [-0.4, -0.2) is 17.5 Å². The lowest BCUT2D eigenvalue weighted by atomic mass is 10.1. The molecule has 1 amide bonds. The molecule has 0 aliphatic carbocycles. The van der Waals surface area contributed by atoms with Crippen LogP contribution in [0.3, 0.4) is 0 Å². The highest BCUT2D eigenvalue weighted by Gasteiger charge is 2.08. The highest BCUT2D eigenvalue weighted by Crippen LogP contribution is 2.22. The van der Waals surface area contributed by atoms with E-state index in [4.69, 9.17) is 9.47 Å². The standard InChI is InChI=1S/C24H26N2O3S/c1-4-28-22-12-9-19(10-13-22)17(2)25-24(27)14-11-20-7-5-6-8-23(20)29-15-21-16-30-18(3)26-21/h5-14,16-17H,4,15H2,1-3H3,(H,25,27)/b14-11+. The summed E-state index contributed by atoms with van der Waals surface area (Å²) in [5, 5.41) is 5.99. The number of nitrogens with zero attached hydrogens (tertiary/aromatic N) is 1. The Hall–Kier alpha value is -3.12. The highest BCUT2D eigenvalue weighted by atomic mass is 32.1. The van der Waals surface area contributed by atoms with Gasteiger partial charge < -0.3 is 14.8 Å². The zero-order valence-corrected chi connectivity index (χ0v) is 18.2. The maximum Gasteiger partial charge on any atom is 0.244 e. The molecular formula is C24H26N2O3S. The summed E-state index contributed by atoms with van der Waals surface area (Å²) in [4.78, 5) is 16.8. The normalized spacial score (nSPS) is 12.0. The molecule has 3 rings (SSSR count). The SMILES string of the molecule is CCOc1ccc(C(C)NC(=O)/C=C/c2ccccc2OCc2csc(C)n2)cc1. The van der Waals surface area contributed by atoms with Gasteiger partial charge in [0.15, 0.2) is 0 Å². The molecule has 0 saturated heterocycles. The molecule has 2 aromatic carbocycles. The van der Waals surface area contributed by atoms with Crippen LogP contribution in [0.4, 0.5) is 0 Å². The van der Waals surface area contributed by atoms with E-state index >= 15 is 0 Å². The predicted molar refractivity (Wildman–Crippen MR) is 121 cm³/mol. The first kappa shape index (κ1) is 21.6. The largest absolute Gasteiger partial charge is 0.494 e. The Bertz CT molecular complexity index is 996. The molecule has 6 heteroatoms. The van der Waals surface area contributed by atoms with Gasteiger partial charge in [-0.25, -0.2) is 4.98 Å². The highest BCUT2D eigenvalue weighted by molar-refractivity contribution is 7.09. The zero-order chi connectivity index (χ0) is 21.3. The minimum atomic E-state index is -0.165. The average Bonchev–Trinajstić information content (AvgIpc) is 3.17. The van der Waals surface area contributed by atoms with Gasteiger partial charge in [0, 0.05) is 17.0 Å². The van der Waals surface area contributed by atoms with Crippen molar-refractivity contribution in [2.45, 2.75) is 33.4 Å². The van der Waals surface area contributed by atoms with E-state index in [-0.39, 0.29) is 11.9 Å². The maximum absolute atomic E-state index is 12.4. The maximum atomic E-state index is 12.4. The predicted octanol–water partition coefficient (Wildman–Crippen LogP) is 5.32. The molecule has 3 aromatic rings. The summed E-state index contributed by atoms with van der Waals surface area (Å²) >= 11 is 1.60. The van der Waals surface area contributed by atoms with Gasteiger partial charge in [0.1, 0.15) is 18.1 Å². The Morgan fingerprint density at radius 3 is 2.63 bits per heavy atom.